The lowest BCUT2D eigenvalue weighted by Crippen LogP contribution is -2.52. The SMILES string of the molecule is CCC(C)(NC(=O)Cc1csc(Cc2ccc(F)cc2)n1)C(=O)O. The van der Waals surface area contributed by atoms with E-state index in [1.54, 1.807) is 24.4 Å². The quantitative estimate of drug-likeness (QED) is 0.805. The van der Waals surface area contributed by atoms with E-state index in [0.29, 0.717) is 18.5 Å². The molecule has 1 amide bonds. The second-order valence-electron chi connectivity index (χ2n) is 5.75. The first-order valence-electron chi connectivity index (χ1n) is 7.54. The van der Waals surface area contributed by atoms with E-state index in [-0.39, 0.29) is 18.1 Å². The number of amides is 1. The molecule has 2 rings (SSSR count). The summed E-state index contributed by atoms with van der Waals surface area (Å²) in [5, 5.41) is 14.3. The largest absolute Gasteiger partial charge is 0.480 e. The third kappa shape index (κ3) is 4.61. The maximum Gasteiger partial charge on any atom is 0.329 e. The third-order valence-corrected chi connectivity index (χ3v) is 4.70. The van der Waals surface area contributed by atoms with E-state index in [2.05, 4.69) is 10.3 Å². The molecule has 1 atom stereocenters. The summed E-state index contributed by atoms with van der Waals surface area (Å²) >= 11 is 1.42. The van der Waals surface area contributed by atoms with Gasteiger partial charge in [0.25, 0.3) is 0 Å². The molecule has 5 nitrogen and oxygen atoms in total. The van der Waals surface area contributed by atoms with Crippen molar-refractivity contribution in [3.63, 3.8) is 0 Å². The molecule has 0 saturated heterocycles. The number of carbonyl (C=O) groups excluding carboxylic acids is 1. The van der Waals surface area contributed by atoms with Crippen LogP contribution in [0.5, 0.6) is 0 Å². The van der Waals surface area contributed by atoms with Crippen LogP contribution in [0.15, 0.2) is 29.6 Å². The van der Waals surface area contributed by atoms with Gasteiger partial charge < -0.3 is 10.4 Å². The minimum Gasteiger partial charge on any atom is -0.480 e. The van der Waals surface area contributed by atoms with Crippen molar-refractivity contribution >= 4 is 23.2 Å². The zero-order chi connectivity index (χ0) is 17.7. The minimum atomic E-state index is -1.27. The van der Waals surface area contributed by atoms with Gasteiger partial charge in [0, 0.05) is 11.8 Å². The zero-order valence-electron chi connectivity index (χ0n) is 13.5. The lowest BCUT2D eigenvalue weighted by molar-refractivity contribution is -0.146. The Morgan fingerprint density at radius 1 is 1.33 bits per heavy atom. The number of aliphatic carboxylic acids is 1. The molecule has 0 spiro atoms. The lowest BCUT2D eigenvalue weighted by Gasteiger charge is -2.24. The van der Waals surface area contributed by atoms with Gasteiger partial charge in [0.05, 0.1) is 17.1 Å². The van der Waals surface area contributed by atoms with Crippen LogP contribution in [-0.4, -0.2) is 27.5 Å². The summed E-state index contributed by atoms with van der Waals surface area (Å²) in [4.78, 5) is 27.6. The maximum absolute atomic E-state index is 12.9. The highest BCUT2D eigenvalue weighted by atomic mass is 32.1. The predicted molar refractivity (Wildman–Crippen MR) is 89.5 cm³/mol. The van der Waals surface area contributed by atoms with E-state index in [4.69, 9.17) is 0 Å². The van der Waals surface area contributed by atoms with Crippen LogP contribution in [0.4, 0.5) is 4.39 Å². The lowest BCUT2D eigenvalue weighted by atomic mass is 9.99. The number of halogens is 1. The number of aromatic nitrogens is 1. The van der Waals surface area contributed by atoms with Gasteiger partial charge in [-0.1, -0.05) is 19.1 Å². The van der Waals surface area contributed by atoms with E-state index in [1.807, 2.05) is 0 Å². The molecule has 0 aliphatic rings. The van der Waals surface area contributed by atoms with Crippen LogP contribution < -0.4 is 5.32 Å². The summed E-state index contributed by atoms with van der Waals surface area (Å²) in [6.07, 6.45) is 0.887. The molecular formula is C17H19FN2O3S. The first kappa shape index (κ1) is 18.1. The zero-order valence-corrected chi connectivity index (χ0v) is 14.3. The highest BCUT2D eigenvalue weighted by molar-refractivity contribution is 7.09. The fraction of sp³-hybridized carbons (Fsp3) is 0.353. The van der Waals surface area contributed by atoms with Gasteiger partial charge in [0.2, 0.25) is 5.91 Å². The first-order valence-corrected chi connectivity index (χ1v) is 8.42. The summed E-state index contributed by atoms with van der Waals surface area (Å²) in [6, 6.07) is 6.19. The average Bonchev–Trinajstić information content (AvgIpc) is 2.96. The Morgan fingerprint density at radius 2 is 2.00 bits per heavy atom. The van der Waals surface area contributed by atoms with Gasteiger partial charge in [0.15, 0.2) is 0 Å². The molecule has 0 fully saturated rings. The number of hydrogen-bond acceptors (Lipinski definition) is 4. The Morgan fingerprint density at radius 3 is 2.58 bits per heavy atom. The van der Waals surface area contributed by atoms with Crippen LogP contribution in [0, 0.1) is 5.82 Å². The predicted octanol–water partition coefficient (Wildman–Crippen LogP) is 2.79. The molecule has 0 bridgehead atoms. The number of thiazole rings is 1. The molecule has 0 aliphatic heterocycles. The second kappa shape index (κ2) is 7.53. The Bertz CT molecular complexity index is 730. The molecule has 0 radical (unpaired) electrons. The fourth-order valence-corrected chi connectivity index (χ4v) is 2.93. The van der Waals surface area contributed by atoms with Gasteiger partial charge in [0.1, 0.15) is 11.4 Å². The maximum atomic E-state index is 12.9. The van der Waals surface area contributed by atoms with E-state index in [9.17, 15) is 19.1 Å². The molecular weight excluding hydrogens is 331 g/mol. The van der Waals surface area contributed by atoms with Crippen molar-refractivity contribution in [3.8, 4) is 0 Å². The summed E-state index contributed by atoms with van der Waals surface area (Å²) in [5.74, 6) is -1.72. The number of nitrogens with one attached hydrogen (secondary N) is 1. The van der Waals surface area contributed by atoms with Crippen LogP contribution in [0.25, 0.3) is 0 Å². The highest BCUT2D eigenvalue weighted by Crippen LogP contribution is 2.16. The number of benzene rings is 1. The van der Waals surface area contributed by atoms with E-state index < -0.39 is 11.5 Å². The number of carbonyl (C=O) groups is 2. The number of rotatable bonds is 7. The summed E-state index contributed by atoms with van der Waals surface area (Å²) < 4.78 is 12.9. The molecule has 2 aromatic rings. The van der Waals surface area contributed by atoms with Crippen molar-refractivity contribution in [1.82, 2.24) is 10.3 Å². The Kier molecular flexibility index (Phi) is 5.66. The van der Waals surface area contributed by atoms with Crippen LogP contribution in [0.2, 0.25) is 0 Å². The number of carboxylic acids is 1. The van der Waals surface area contributed by atoms with Crippen molar-refractivity contribution in [3.05, 3.63) is 51.7 Å². The Labute approximate surface area is 143 Å². The summed E-state index contributed by atoms with van der Waals surface area (Å²) in [6.45, 7) is 3.19. The second-order valence-corrected chi connectivity index (χ2v) is 6.69. The summed E-state index contributed by atoms with van der Waals surface area (Å²) in [5.41, 5.74) is 0.258. The Balaban J connectivity index is 1.97. The van der Waals surface area contributed by atoms with Gasteiger partial charge >= 0.3 is 5.97 Å². The molecule has 24 heavy (non-hydrogen) atoms. The van der Waals surface area contributed by atoms with Gasteiger partial charge in [-0.15, -0.1) is 11.3 Å². The smallest absolute Gasteiger partial charge is 0.329 e. The monoisotopic (exact) mass is 350 g/mol. The highest BCUT2D eigenvalue weighted by Gasteiger charge is 2.32. The van der Waals surface area contributed by atoms with Crippen molar-refractivity contribution in [1.29, 1.82) is 0 Å². The van der Waals surface area contributed by atoms with Crippen LogP contribution in [0.3, 0.4) is 0 Å². The molecule has 1 aromatic carbocycles. The van der Waals surface area contributed by atoms with Crippen LogP contribution in [0.1, 0.15) is 36.5 Å². The number of carboxylic acid groups (broad SMARTS) is 1. The van der Waals surface area contributed by atoms with E-state index in [1.165, 1.54) is 30.4 Å². The Hall–Kier alpha value is -2.28. The number of hydrogen-bond donors (Lipinski definition) is 2. The van der Waals surface area contributed by atoms with Crippen LogP contribution in [-0.2, 0) is 22.4 Å². The fourth-order valence-electron chi connectivity index (χ4n) is 2.10. The van der Waals surface area contributed by atoms with Gasteiger partial charge in [-0.3, -0.25) is 4.79 Å². The molecule has 1 heterocycles. The molecule has 1 aromatic heterocycles. The first-order chi connectivity index (χ1) is 11.3. The van der Waals surface area contributed by atoms with Crippen molar-refractivity contribution in [2.45, 2.75) is 38.6 Å². The third-order valence-electron chi connectivity index (χ3n) is 3.80. The van der Waals surface area contributed by atoms with Crippen molar-refractivity contribution in [2.24, 2.45) is 0 Å². The summed E-state index contributed by atoms with van der Waals surface area (Å²) in [7, 11) is 0. The molecule has 0 aliphatic carbocycles. The average molecular weight is 350 g/mol. The topological polar surface area (TPSA) is 79.3 Å². The molecule has 0 saturated carbocycles. The van der Waals surface area contributed by atoms with Gasteiger partial charge in [-0.25, -0.2) is 14.2 Å². The van der Waals surface area contributed by atoms with Gasteiger partial charge in [-0.2, -0.15) is 0 Å². The van der Waals surface area contributed by atoms with E-state index in [0.717, 1.165) is 10.6 Å². The number of nitrogens with zero attached hydrogens (tertiary/aromatic N) is 1. The minimum absolute atomic E-state index is 0.0305. The van der Waals surface area contributed by atoms with Gasteiger partial charge in [-0.05, 0) is 31.0 Å². The van der Waals surface area contributed by atoms with Crippen LogP contribution >= 0.6 is 11.3 Å². The molecule has 1 unspecified atom stereocenters. The van der Waals surface area contributed by atoms with Crippen molar-refractivity contribution < 1.29 is 19.1 Å². The van der Waals surface area contributed by atoms with Crippen molar-refractivity contribution in [2.75, 3.05) is 0 Å². The molecule has 2 N–H and O–H groups in total. The molecule has 7 heteroatoms. The van der Waals surface area contributed by atoms with E-state index >= 15 is 0 Å². The molecule has 128 valence electrons. The normalized spacial score (nSPS) is 13.3. The standard InChI is InChI=1S/C17H19FN2O3S/c1-3-17(2,16(22)23)20-14(21)9-13-10-24-15(19-13)8-11-4-6-12(18)7-5-11/h4-7,10H,3,8-9H2,1-2H3,(H,20,21)(H,22,23).